The van der Waals surface area contributed by atoms with Crippen LogP contribution in [0.4, 0.5) is 18.0 Å². The molecule has 1 heterocycles. The van der Waals surface area contributed by atoms with Crippen LogP contribution in [0.25, 0.3) is 0 Å². The number of hydrogen-bond donors (Lipinski definition) is 2. The van der Waals surface area contributed by atoms with Crippen LogP contribution in [0.2, 0.25) is 5.02 Å². The number of rotatable bonds is 5. The highest BCUT2D eigenvalue weighted by Gasteiger charge is 2.37. The Morgan fingerprint density at radius 2 is 1.88 bits per heavy atom. The minimum absolute atomic E-state index is 0.0549. The van der Waals surface area contributed by atoms with Gasteiger partial charge in [-0.3, -0.25) is 4.57 Å². The van der Waals surface area contributed by atoms with Gasteiger partial charge in [0, 0.05) is 25.2 Å². The molecule has 0 spiro atoms. The summed E-state index contributed by atoms with van der Waals surface area (Å²) in [5.74, 6) is -1.29. The van der Waals surface area contributed by atoms with Crippen LogP contribution in [0.1, 0.15) is 11.4 Å². The van der Waals surface area contributed by atoms with E-state index in [9.17, 15) is 22.8 Å². The lowest BCUT2D eigenvalue weighted by molar-refractivity contribution is -0.147. The molecule has 2 N–H and O–H groups in total. The molecule has 11 heteroatoms. The van der Waals surface area contributed by atoms with E-state index in [-0.39, 0.29) is 19.6 Å². The Morgan fingerprint density at radius 3 is 2.44 bits per heavy atom. The first-order valence-electron chi connectivity index (χ1n) is 7.15. The van der Waals surface area contributed by atoms with Crippen molar-refractivity contribution in [3.8, 4) is 0 Å². The van der Waals surface area contributed by atoms with E-state index < -0.39 is 23.7 Å². The first-order valence-corrected chi connectivity index (χ1v) is 7.53. The molecule has 0 aliphatic heterocycles. The molecule has 2 rings (SSSR count). The Morgan fingerprint density at radius 1 is 1.24 bits per heavy atom. The molecule has 0 saturated carbocycles. The Bertz CT molecular complexity index is 798. The molecule has 2 aromatic rings. The molecule has 1 aromatic carbocycles. The van der Waals surface area contributed by atoms with E-state index in [0.717, 1.165) is 12.6 Å². The third-order valence-corrected chi connectivity index (χ3v) is 3.52. The Hall–Kier alpha value is -2.49. The van der Waals surface area contributed by atoms with Crippen LogP contribution in [0, 0.1) is 0 Å². The van der Waals surface area contributed by atoms with Crippen molar-refractivity contribution in [2.45, 2.75) is 19.3 Å². The largest absolute Gasteiger partial charge is 0.451 e. The molecule has 0 bridgehead atoms. The summed E-state index contributed by atoms with van der Waals surface area (Å²) >= 11 is 5.75. The minimum Gasteiger partial charge on any atom is -0.336 e. The molecule has 0 radical (unpaired) electrons. The fourth-order valence-corrected chi connectivity index (χ4v) is 2.13. The van der Waals surface area contributed by atoms with Crippen LogP contribution in [0.5, 0.6) is 0 Å². The van der Waals surface area contributed by atoms with Gasteiger partial charge in [-0.2, -0.15) is 13.2 Å². The second kappa shape index (κ2) is 7.60. The standard InChI is InChI=1S/C14H15ClF3N5O2/c1-22-11(14(16,17)18)21-23(13(22)25)7-6-19-12(24)20-8-9-2-4-10(15)5-3-9/h2-5H,6-8H2,1H3,(H2,19,20,24). The summed E-state index contributed by atoms with van der Waals surface area (Å²) in [6.45, 7) is 0.0164. The van der Waals surface area contributed by atoms with Crippen molar-refractivity contribution in [3.63, 3.8) is 0 Å². The number of urea groups is 1. The van der Waals surface area contributed by atoms with Gasteiger partial charge in [-0.25, -0.2) is 14.3 Å². The minimum atomic E-state index is -4.72. The molecular weight excluding hydrogens is 363 g/mol. The quantitative estimate of drug-likeness (QED) is 0.833. The second-order valence-electron chi connectivity index (χ2n) is 5.12. The maximum absolute atomic E-state index is 12.7. The summed E-state index contributed by atoms with van der Waals surface area (Å²) in [5.41, 5.74) is -0.0778. The maximum atomic E-state index is 12.7. The van der Waals surface area contributed by atoms with Gasteiger partial charge < -0.3 is 10.6 Å². The van der Waals surface area contributed by atoms with Crippen LogP contribution in [0.15, 0.2) is 29.1 Å². The zero-order valence-electron chi connectivity index (χ0n) is 13.1. The molecular formula is C14H15ClF3N5O2. The number of amides is 2. The number of nitrogens with zero attached hydrogens (tertiary/aromatic N) is 3. The smallest absolute Gasteiger partial charge is 0.336 e. The normalized spacial score (nSPS) is 11.4. The lowest BCUT2D eigenvalue weighted by atomic mass is 10.2. The Kier molecular flexibility index (Phi) is 5.73. The van der Waals surface area contributed by atoms with Gasteiger partial charge in [0.2, 0.25) is 5.82 Å². The van der Waals surface area contributed by atoms with E-state index in [1.54, 1.807) is 24.3 Å². The molecule has 0 atom stereocenters. The highest BCUT2D eigenvalue weighted by atomic mass is 35.5. The maximum Gasteiger partial charge on any atom is 0.451 e. The van der Waals surface area contributed by atoms with Gasteiger partial charge in [0.15, 0.2) is 0 Å². The first-order chi connectivity index (χ1) is 11.7. The van der Waals surface area contributed by atoms with Gasteiger partial charge in [0.05, 0.1) is 6.54 Å². The second-order valence-corrected chi connectivity index (χ2v) is 5.56. The number of aromatic nitrogens is 3. The SMILES string of the molecule is Cn1c(C(F)(F)F)nn(CCNC(=O)NCc2ccc(Cl)cc2)c1=O. The summed E-state index contributed by atoms with van der Waals surface area (Å²) in [7, 11) is 0.987. The summed E-state index contributed by atoms with van der Waals surface area (Å²) < 4.78 is 39.0. The number of alkyl halides is 3. The van der Waals surface area contributed by atoms with Gasteiger partial charge >= 0.3 is 17.9 Å². The van der Waals surface area contributed by atoms with Crippen LogP contribution in [0.3, 0.4) is 0 Å². The van der Waals surface area contributed by atoms with Gasteiger partial charge in [0.1, 0.15) is 0 Å². The van der Waals surface area contributed by atoms with E-state index in [2.05, 4.69) is 15.7 Å². The number of halogens is 4. The summed E-state index contributed by atoms with van der Waals surface area (Å²) in [6.07, 6.45) is -4.72. The van der Waals surface area contributed by atoms with Crippen molar-refractivity contribution < 1.29 is 18.0 Å². The van der Waals surface area contributed by atoms with E-state index in [1.165, 1.54) is 0 Å². The molecule has 1 aromatic heterocycles. The van der Waals surface area contributed by atoms with Crippen molar-refractivity contribution >= 4 is 17.6 Å². The first kappa shape index (κ1) is 18.8. The van der Waals surface area contributed by atoms with E-state index >= 15 is 0 Å². The number of hydrogen-bond acceptors (Lipinski definition) is 3. The van der Waals surface area contributed by atoms with Crippen molar-refractivity contribution in [2.24, 2.45) is 7.05 Å². The Labute approximate surface area is 145 Å². The monoisotopic (exact) mass is 377 g/mol. The number of nitrogens with one attached hydrogen (secondary N) is 2. The number of carbonyl (C=O) groups excluding carboxylic acids is 1. The van der Waals surface area contributed by atoms with Gasteiger partial charge in [-0.05, 0) is 17.7 Å². The fourth-order valence-electron chi connectivity index (χ4n) is 2.00. The van der Waals surface area contributed by atoms with Gasteiger partial charge in [0.25, 0.3) is 0 Å². The topological polar surface area (TPSA) is 81.0 Å². The van der Waals surface area contributed by atoms with Gasteiger partial charge in [-0.1, -0.05) is 23.7 Å². The van der Waals surface area contributed by atoms with Crippen LogP contribution in [-0.4, -0.2) is 26.9 Å². The molecule has 136 valence electrons. The predicted octanol–water partition coefficient (Wildman–Crippen LogP) is 1.75. The van der Waals surface area contributed by atoms with Crippen molar-refractivity contribution in [3.05, 3.63) is 51.2 Å². The Balaban J connectivity index is 1.83. The van der Waals surface area contributed by atoms with Crippen molar-refractivity contribution in [2.75, 3.05) is 6.54 Å². The average Bonchev–Trinajstić information content (AvgIpc) is 2.83. The van der Waals surface area contributed by atoms with E-state index in [0.29, 0.717) is 14.3 Å². The average molecular weight is 378 g/mol. The van der Waals surface area contributed by atoms with Crippen LogP contribution >= 0.6 is 11.6 Å². The molecule has 0 aliphatic rings. The van der Waals surface area contributed by atoms with Crippen molar-refractivity contribution in [1.82, 2.24) is 25.0 Å². The van der Waals surface area contributed by atoms with Crippen molar-refractivity contribution in [1.29, 1.82) is 0 Å². The highest BCUT2D eigenvalue weighted by molar-refractivity contribution is 6.30. The lowest BCUT2D eigenvalue weighted by Gasteiger charge is -2.07. The summed E-state index contributed by atoms with van der Waals surface area (Å²) in [6, 6.07) is 6.34. The molecule has 25 heavy (non-hydrogen) atoms. The highest BCUT2D eigenvalue weighted by Crippen LogP contribution is 2.25. The summed E-state index contributed by atoms with van der Waals surface area (Å²) in [5, 5.41) is 8.83. The molecule has 0 aliphatic carbocycles. The third-order valence-electron chi connectivity index (χ3n) is 3.27. The van der Waals surface area contributed by atoms with Gasteiger partial charge in [-0.15, -0.1) is 5.10 Å². The lowest BCUT2D eigenvalue weighted by Crippen LogP contribution is -2.38. The number of benzene rings is 1. The third kappa shape index (κ3) is 4.99. The molecule has 0 fully saturated rings. The molecule has 2 amide bonds. The van der Waals surface area contributed by atoms with Crippen LogP contribution in [-0.2, 0) is 26.3 Å². The van der Waals surface area contributed by atoms with Crippen LogP contribution < -0.4 is 16.3 Å². The zero-order valence-corrected chi connectivity index (χ0v) is 13.9. The molecule has 7 nitrogen and oxygen atoms in total. The molecule has 0 unspecified atom stereocenters. The van der Waals surface area contributed by atoms with E-state index in [1.807, 2.05) is 0 Å². The predicted molar refractivity (Wildman–Crippen MR) is 84.2 cm³/mol. The summed E-state index contributed by atoms with van der Waals surface area (Å²) in [4.78, 5) is 23.3. The zero-order chi connectivity index (χ0) is 18.6. The number of carbonyl (C=O) groups is 1. The fraction of sp³-hybridized carbons (Fsp3) is 0.357. The molecule has 0 saturated heterocycles. The van der Waals surface area contributed by atoms with E-state index in [4.69, 9.17) is 11.6 Å².